The maximum absolute atomic E-state index is 15.1. The molecule has 0 aliphatic carbocycles. The molecule has 4 aromatic carbocycles. The van der Waals surface area contributed by atoms with Crippen molar-refractivity contribution in [2.45, 2.75) is 63.2 Å². The van der Waals surface area contributed by atoms with Crippen molar-refractivity contribution in [2.24, 2.45) is 5.92 Å². The zero-order chi connectivity index (χ0) is 38.0. The van der Waals surface area contributed by atoms with Crippen LogP contribution in [0.3, 0.4) is 0 Å². The number of hydrogen-bond acceptors (Lipinski definition) is 8. The second-order valence-electron chi connectivity index (χ2n) is 14.6. The highest BCUT2D eigenvalue weighted by Crippen LogP contribution is 2.60. The molecule has 0 unspecified atom stereocenters. The minimum Gasteiger partial charge on any atom is -0.432 e. The summed E-state index contributed by atoms with van der Waals surface area (Å²) in [4.78, 5) is 54.8. The quantitative estimate of drug-likeness (QED) is 0.118. The van der Waals surface area contributed by atoms with Crippen LogP contribution in [0.5, 0.6) is 0 Å². The van der Waals surface area contributed by atoms with Gasteiger partial charge >= 0.3 is 0 Å². The van der Waals surface area contributed by atoms with Gasteiger partial charge in [-0.1, -0.05) is 60.7 Å². The van der Waals surface area contributed by atoms with Crippen molar-refractivity contribution < 1.29 is 29.0 Å². The van der Waals surface area contributed by atoms with Gasteiger partial charge in [-0.05, 0) is 79.7 Å². The number of ether oxygens (including phenoxy) is 1. The molecule has 54 heavy (non-hydrogen) atoms. The number of aryl methyl sites for hydroxylation is 1. The Hall–Kier alpha value is -5.47. The summed E-state index contributed by atoms with van der Waals surface area (Å²) in [6.45, 7) is 6.33. The zero-order valence-corrected chi connectivity index (χ0v) is 31.5. The van der Waals surface area contributed by atoms with Crippen molar-refractivity contribution in [3.8, 4) is 0 Å². The fourth-order valence-corrected chi connectivity index (χ4v) is 10.6. The number of benzene rings is 4. The Morgan fingerprint density at radius 1 is 0.889 bits per heavy atom. The Morgan fingerprint density at radius 2 is 1.54 bits per heavy atom. The first-order valence-electron chi connectivity index (χ1n) is 18.2. The molecule has 0 bridgehead atoms. The number of nitrogens with one attached hydrogen (secondary N) is 2. The van der Waals surface area contributed by atoms with Crippen LogP contribution in [0.1, 0.15) is 50.9 Å². The average Bonchev–Trinajstić information content (AvgIpc) is 3.81. The van der Waals surface area contributed by atoms with Crippen LogP contribution in [-0.4, -0.2) is 63.6 Å². The van der Waals surface area contributed by atoms with Crippen molar-refractivity contribution in [1.29, 1.82) is 0 Å². The summed E-state index contributed by atoms with van der Waals surface area (Å²) in [5.41, 5.74) is 3.09. The van der Waals surface area contributed by atoms with Crippen LogP contribution < -0.4 is 15.5 Å². The summed E-state index contributed by atoms with van der Waals surface area (Å²) in [7, 11) is -2.96. The molecule has 1 aromatic heterocycles. The van der Waals surface area contributed by atoms with E-state index in [2.05, 4.69) is 20.9 Å². The van der Waals surface area contributed by atoms with Gasteiger partial charge in [0, 0.05) is 65.3 Å². The Kier molecular flexibility index (Phi) is 10.3. The van der Waals surface area contributed by atoms with Gasteiger partial charge in [-0.25, -0.2) is 0 Å². The van der Waals surface area contributed by atoms with E-state index in [4.69, 9.17) is 4.74 Å². The molecule has 2 aliphatic heterocycles. The number of carbonyl (C=O) groups excluding carboxylic acids is 3. The highest BCUT2D eigenvalue weighted by molar-refractivity contribution is 6.71. The lowest BCUT2D eigenvalue weighted by Crippen LogP contribution is -2.46. The van der Waals surface area contributed by atoms with Crippen LogP contribution in [0.15, 0.2) is 109 Å². The number of aliphatic hydroxyl groups excluding tert-OH is 1. The normalized spacial score (nSPS) is 20.6. The third-order valence-corrected chi connectivity index (χ3v) is 12.9. The summed E-state index contributed by atoms with van der Waals surface area (Å²) < 4.78 is 8.73. The standard InChI is InChI=1S/C41H44N6O6Si/c1-27-37(54(2,3)52)36(19-21-46-26-33(20-22-48)44-45-46)53-41(27)34-24-32(43-39(50)30-14-8-5-9-15-30)17-18-35(34)47(40(41)51)25-28-11-10-16-31(23-28)42-38(49)29-12-6-4-7-13-29/h4-18,23-24,26-27,36-37,48,52H,19-22,25H2,1-3H3,(H,42,49)(H,43,50)/t27-,36+,37-,41+/m1/s1. The third-order valence-electron chi connectivity index (χ3n) is 10.4. The Labute approximate surface area is 314 Å². The van der Waals surface area contributed by atoms with Gasteiger partial charge in [-0.3, -0.25) is 19.1 Å². The van der Waals surface area contributed by atoms with E-state index in [1.807, 2.05) is 62.5 Å². The van der Waals surface area contributed by atoms with Gasteiger partial charge in [0.1, 0.15) is 0 Å². The molecule has 3 amide bonds. The van der Waals surface area contributed by atoms with E-state index in [0.717, 1.165) is 5.56 Å². The van der Waals surface area contributed by atoms with Gasteiger partial charge in [0.2, 0.25) is 0 Å². The van der Waals surface area contributed by atoms with Crippen molar-refractivity contribution in [1.82, 2.24) is 15.0 Å². The number of amides is 3. The molecule has 0 saturated carbocycles. The maximum Gasteiger partial charge on any atom is 0.264 e. The second kappa shape index (κ2) is 15.1. The van der Waals surface area contributed by atoms with E-state index in [9.17, 15) is 19.5 Å². The summed E-state index contributed by atoms with van der Waals surface area (Å²) in [6.07, 6.45) is 2.15. The molecule has 1 fully saturated rings. The van der Waals surface area contributed by atoms with Crippen LogP contribution in [0.25, 0.3) is 0 Å². The smallest absolute Gasteiger partial charge is 0.264 e. The highest BCUT2D eigenvalue weighted by Gasteiger charge is 2.66. The fourth-order valence-electron chi connectivity index (χ4n) is 8.03. The monoisotopic (exact) mass is 744 g/mol. The minimum atomic E-state index is -2.96. The predicted molar refractivity (Wildman–Crippen MR) is 207 cm³/mol. The van der Waals surface area contributed by atoms with Crippen LogP contribution in [-0.2, 0) is 34.6 Å². The Morgan fingerprint density at radius 3 is 2.17 bits per heavy atom. The number of hydrogen-bond donors (Lipinski definition) is 4. The van der Waals surface area contributed by atoms with Gasteiger partial charge < -0.3 is 30.2 Å². The van der Waals surface area contributed by atoms with Gasteiger partial charge in [-0.15, -0.1) is 5.10 Å². The summed E-state index contributed by atoms with van der Waals surface area (Å²) in [6, 6.07) is 30.7. The SMILES string of the molecule is C[C@@H]1[C@@H]([Si](C)(C)O)[C@H](CCn2cc(CCO)nn2)O[C@@]12C(=O)N(Cc1cccc(NC(=O)c3ccccc3)c1)c1ccc(NC(=O)c3ccccc3)cc12. The van der Waals surface area contributed by atoms with Crippen LogP contribution in [0.4, 0.5) is 17.1 Å². The van der Waals surface area contributed by atoms with Gasteiger partial charge in [0.05, 0.1) is 24.0 Å². The molecular formula is C41H44N6O6Si. The lowest BCUT2D eigenvalue weighted by atomic mass is 9.82. The molecule has 3 heterocycles. The molecule has 1 spiro atoms. The summed E-state index contributed by atoms with van der Waals surface area (Å²) >= 11 is 0. The molecule has 13 heteroatoms. The average molecular weight is 745 g/mol. The summed E-state index contributed by atoms with van der Waals surface area (Å²) in [5.74, 6) is -1.21. The van der Waals surface area contributed by atoms with Crippen LogP contribution in [0.2, 0.25) is 18.6 Å². The number of carbonyl (C=O) groups is 3. The number of rotatable bonds is 12. The molecule has 4 atom stereocenters. The second-order valence-corrected chi connectivity index (χ2v) is 18.5. The van der Waals surface area contributed by atoms with E-state index in [0.29, 0.717) is 58.8 Å². The number of fused-ring (bicyclic) bond motifs is 2. The molecule has 2 aliphatic rings. The lowest BCUT2D eigenvalue weighted by molar-refractivity contribution is -0.146. The molecule has 4 N–H and O–H groups in total. The molecule has 5 aromatic rings. The van der Waals surface area contributed by atoms with E-state index in [1.54, 1.807) is 76.4 Å². The van der Waals surface area contributed by atoms with Gasteiger partial charge in [0.25, 0.3) is 17.7 Å². The van der Waals surface area contributed by atoms with Crippen molar-refractivity contribution in [3.05, 3.63) is 137 Å². The van der Waals surface area contributed by atoms with Gasteiger partial charge in [-0.2, -0.15) is 0 Å². The number of aliphatic hydroxyl groups is 1. The van der Waals surface area contributed by atoms with Crippen molar-refractivity contribution in [3.63, 3.8) is 0 Å². The zero-order valence-electron chi connectivity index (χ0n) is 30.5. The molecule has 0 radical (unpaired) electrons. The van der Waals surface area contributed by atoms with E-state index >= 15 is 4.79 Å². The topological polar surface area (TPSA) is 159 Å². The van der Waals surface area contributed by atoms with Crippen molar-refractivity contribution >= 4 is 43.1 Å². The maximum atomic E-state index is 15.1. The lowest BCUT2D eigenvalue weighted by Gasteiger charge is -2.32. The third kappa shape index (κ3) is 7.23. The van der Waals surface area contributed by atoms with E-state index in [-0.39, 0.29) is 36.4 Å². The molecule has 278 valence electrons. The van der Waals surface area contributed by atoms with Gasteiger partial charge in [0.15, 0.2) is 13.9 Å². The molecule has 1 saturated heterocycles. The first-order chi connectivity index (χ1) is 26.0. The summed E-state index contributed by atoms with van der Waals surface area (Å²) in [5, 5.41) is 23.7. The first kappa shape index (κ1) is 36.9. The van der Waals surface area contributed by atoms with Crippen molar-refractivity contribution in [2.75, 3.05) is 22.1 Å². The fraction of sp³-hybridized carbons (Fsp3) is 0.293. The number of aromatic nitrogens is 3. The largest absolute Gasteiger partial charge is 0.432 e. The van der Waals surface area contributed by atoms with E-state index in [1.165, 1.54) is 0 Å². The highest BCUT2D eigenvalue weighted by atomic mass is 28.4. The predicted octanol–water partition coefficient (Wildman–Crippen LogP) is 5.75. The Balaban J connectivity index is 1.23. The molecule has 12 nitrogen and oxygen atoms in total. The van der Waals surface area contributed by atoms with Crippen LogP contribution in [0, 0.1) is 5.92 Å². The molecule has 7 rings (SSSR count). The van der Waals surface area contributed by atoms with Crippen LogP contribution >= 0.6 is 0 Å². The number of anilines is 3. The van der Waals surface area contributed by atoms with E-state index < -0.39 is 25.9 Å². The molecular weight excluding hydrogens is 701 g/mol. The minimum absolute atomic E-state index is 0.0325. The first-order valence-corrected chi connectivity index (χ1v) is 21.2. The Bertz CT molecular complexity index is 2160. The number of nitrogens with zero attached hydrogens (tertiary/aromatic N) is 4.